The second-order valence-corrected chi connectivity index (χ2v) is 9.89. The van der Waals surface area contributed by atoms with Gasteiger partial charge >= 0.3 is 0 Å². The smallest absolute Gasteiger partial charge is 0.0753 e. The van der Waals surface area contributed by atoms with E-state index in [0.29, 0.717) is 24.2 Å². The maximum absolute atomic E-state index is 11.6. The molecular weight excluding hydrogens is 288 g/mol. The Bertz CT molecular complexity index is 493. The van der Waals surface area contributed by atoms with E-state index >= 15 is 0 Å². The van der Waals surface area contributed by atoms with E-state index in [-0.39, 0.29) is 29.0 Å². The standard InChI is InChI=1S/C20H34O3/c1-12-10-14-15-4-5-17(22)18(15,2)8-7-16(14)19(3)9-6-13(21)11-20(12,19)23/h12-17,21-23H,4-11H2,1-3H3/t12-,13+,14+,15+,16+,17+,18+,19-,20+/m1/s1. The average Bonchev–Trinajstić information content (AvgIpc) is 2.79. The fourth-order valence-electron chi connectivity index (χ4n) is 7.63. The predicted octanol–water partition coefficient (Wildman–Crippen LogP) is 3.11. The molecule has 132 valence electrons. The lowest BCUT2D eigenvalue weighted by Gasteiger charge is -2.65. The van der Waals surface area contributed by atoms with Crippen molar-refractivity contribution in [2.24, 2.45) is 34.5 Å². The highest BCUT2D eigenvalue weighted by atomic mass is 16.3. The molecule has 0 aromatic carbocycles. The molecule has 0 aromatic heterocycles. The zero-order valence-electron chi connectivity index (χ0n) is 15.0. The van der Waals surface area contributed by atoms with Gasteiger partial charge in [0.25, 0.3) is 0 Å². The Morgan fingerprint density at radius 2 is 1.65 bits per heavy atom. The van der Waals surface area contributed by atoms with Crippen molar-refractivity contribution in [1.82, 2.24) is 0 Å². The van der Waals surface area contributed by atoms with Gasteiger partial charge in [-0.1, -0.05) is 20.8 Å². The quantitative estimate of drug-likeness (QED) is 0.642. The minimum atomic E-state index is -0.712. The maximum atomic E-state index is 11.6. The molecule has 3 N–H and O–H groups in total. The van der Waals surface area contributed by atoms with Gasteiger partial charge in [-0.25, -0.2) is 0 Å². The lowest BCUT2D eigenvalue weighted by atomic mass is 9.41. The topological polar surface area (TPSA) is 60.7 Å². The lowest BCUT2D eigenvalue weighted by molar-refractivity contribution is -0.245. The molecule has 4 fully saturated rings. The van der Waals surface area contributed by atoms with Crippen molar-refractivity contribution < 1.29 is 15.3 Å². The molecule has 3 heteroatoms. The Hall–Kier alpha value is -0.120. The van der Waals surface area contributed by atoms with Crippen LogP contribution in [0.15, 0.2) is 0 Å². The predicted molar refractivity (Wildman–Crippen MR) is 89.7 cm³/mol. The van der Waals surface area contributed by atoms with Gasteiger partial charge in [0, 0.05) is 6.42 Å². The molecule has 0 radical (unpaired) electrons. The molecule has 0 unspecified atom stereocenters. The molecule has 0 spiro atoms. The van der Waals surface area contributed by atoms with E-state index in [1.807, 2.05) is 0 Å². The van der Waals surface area contributed by atoms with Crippen molar-refractivity contribution >= 4 is 0 Å². The van der Waals surface area contributed by atoms with Crippen molar-refractivity contribution in [3.05, 3.63) is 0 Å². The SMILES string of the molecule is C[C@@H]1C[C@H]2[C@@H]3CC[C@H](O)[C@@]3(C)CC[C@@H]2[C@@]2(C)CC[C@H](O)C[C@]12O. The highest BCUT2D eigenvalue weighted by molar-refractivity contribution is 5.16. The second-order valence-electron chi connectivity index (χ2n) is 9.89. The third kappa shape index (κ3) is 1.93. The van der Waals surface area contributed by atoms with Gasteiger partial charge in [-0.15, -0.1) is 0 Å². The lowest BCUT2D eigenvalue weighted by Crippen LogP contribution is -2.66. The van der Waals surface area contributed by atoms with Gasteiger partial charge in [-0.3, -0.25) is 0 Å². The maximum Gasteiger partial charge on any atom is 0.0753 e. The molecule has 4 aliphatic rings. The van der Waals surface area contributed by atoms with Gasteiger partial charge in [0.15, 0.2) is 0 Å². The van der Waals surface area contributed by atoms with E-state index in [1.165, 1.54) is 0 Å². The first-order valence-corrected chi connectivity index (χ1v) is 9.81. The van der Waals surface area contributed by atoms with E-state index in [2.05, 4.69) is 20.8 Å². The molecule has 0 amide bonds. The van der Waals surface area contributed by atoms with Crippen LogP contribution in [0.2, 0.25) is 0 Å². The third-order valence-corrected chi connectivity index (χ3v) is 9.18. The van der Waals surface area contributed by atoms with E-state index in [4.69, 9.17) is 0 Å². The summed E-state index contributed by atoms with van der Waals surface area (Å²) in [4.78, 5) is 0. The molecule has 4 rings (SSSR count). The molecular formula is C20H34O3. The van der Waals surface area contributed by atoms with Gasteiger partial charge in [-0.2, -0.15) is 0 Å². The molecule has 0 aromatic rings. The zero-order chi connectivity index (χ0) is 16.6. The summed E-state index contributed by atoms with van der Waals surface area (Å²) in [7, 11) is 0. The van der Waals surface area contributed by atoms with E-state index in [1.54, 1.807) is 0 Å². The Morgan fingerprint density at radius 3 is 2.39 bits per heavy atom. The zero-order valence-corrected chi connectivity index (χ0v) is 15.0. The summed E-state index contributed by atoms with van der Waals surface area (Å²) < 4.78 is 0. The first-order chi connectivity index (χ1) is 10.7. The molecule has 3 nitrogen and oxygen atoms in total. The molecule has 0 aliphatic heterocycles. The fourth-order valence-corrected chi connectivity index (χ4v) is 7.63. The Labute approximate surface area is 140 Å². The van der Waals surface area contributed by atoms with Gasteiger partial charge in [0.05, 0.1) is 17.8 Å². The van der Waals surface area contributed by atoms with Crippen LogP contribution >= 0.6 is 0 Å². The number of rotatable bonds is 0. The van der Waals surface area contributed by atoms with Gasteiger partial charge in [0.2, 0.25) is 0 Å². The molecule has 4 saturated carbocycles. The largest absolute Gasteiger partial charge is 0.393 e. The first kappa shape index (κ1) is 16.4. The van der Waals surface area contributed by atoms with Crippen LogP contribution in [0.5, 0.6) is 0 Å². The van der Waals surface area contributed by atoms with Crippen LogP contribution in [-0.2, 0) is 0 Å². The summed E-state index contributed by atoms with van der Waals surface area (Å²) in [5.74, 6) is 2.05. The van der Waals surface area contributed by atoms with E-state index in [0.717, 1.165) is 44.9 Å². The number of aliphatic hydroxyl groups excluding tert-OH is 2. The van der Waals surface area contributed by atoms with Crippen LogP contribution in [0, 0.1) is 34.5 Å². The van der Waals surface area contributed by atoms with Crippen LogP contribution in [0.4, 0.5) is 0 Å². The molecule has 0 heterocycles. The minimum Gasteiger partial charge on any atom is -0.393 e. The number of fused-ring (bicyclic) bond motifs is 5. The van der Waals surface area contributed by atoms with Crippen LogP contribution in [0.3, 0.4) is 0 Å². The summed E-state index contributed by atoms with van der Waals surface area (Å²) in [5.41, 5.74) is -0.679. The monoisotopic (exact) mass is 322 g/mol. The van der Waals surface area contributed by atoms with Crippen molar-refractivity contribution in [2.45, 2.75) is 89.9 Å². The van der Waals surface area contributed by atoms with Crippen LogP contribution in [0.25, 0.3) is 0 Å². The number of hydrogen-bond acceptors (Lipinski definition) is 3. The third-order valence-electron chi connectivity index (χ3n) is 9.18. The van der Waals surface area contributed by atoms with Gasteiger partial charge in [-0.05, 0) is 79.4 Å². The fraction of sp³-hybridized carbons (Fsp3) is 1.00. The Morgan fingerprint density at radius 1 is 0.913 bits per heavy atom. The summed E-state index contributed by atoms with van der Waals surface area (Å²) in [6.07, 6.45) is 7.27. The summed E-state index contributed by atoms with van der Waals surface area (Å²) >= 11 is 0. The van der Waals surface area contributed by atoms with Gasteiger partial charge in [0.1, 0.15) is 0 Å². The summed E-state index contributed by atoms with van der Waals surface area (Å²) in [6, 6.07) is 0. The number of hydrogen-bond donors (Lipinski definition) is 3. The average molecular weight is 322 g/mol. The summed E-state index contributed by atoms with van der Waals surface area (Å²) in [6.45, 7) is 6.81. The minimum absolute atomic E-state index is 0.0660. The van der Waals surface area contributed by atoms with E-state index in [9.17, 15) is 15.3 Å². The van der Waals surface area contributed by atoms with Gasteiger partial charge < -0.3 is 15.3 Å². The Kier molecular flexibility index (Phi) is 3.52. The van der Waals surface area contributed by atoms with Crippen LogP contribution in [-0.4, -0.2) is 33.1 Å². The first-order valence-electron chi connectivity index (χ1n) is 9.81. The molecule has 23 heavy (non-hydrogen) atoms. The van der Waals surface area contributed by atoms with Crippen LogP contribution < -0.4 is 0 Å². The van der Waals surface area contributed by atoms with Crippen molar-refractivity contribution in [1.29, 1.82) is 0 Å². The highest BCUT2D eigenvalue weighted by Gasteiger charge is 2.66. The van der Waals surface area contributed by atoms with Crippen molar-refractivity contribution in [3.63, 3.8) is 0 Å². The van der Waals surface area contributed by atoms with Crippen LogP contribution in [0.1, 0.15) is 72.1 Å². The second kappa shape index (κ2) is 4.95. The number of aliphatic hydroxyl groups is 3. The summed E-state index contributed by atoms with van der Waals surface area (Å²) in [5, 5.41) is 32.3. The molecule has 4 aliphatic carbocycles. The van der Waals surface area contributed by atoms with Crippen molar-refractivity contribution in [3.8, 4) is 0 Å². The highest BCUT2D eigenvalue weighted by Crippen LogP contribution is 2.68. The molecule has 0 saturated heterocycles. The normalized spacial score (nSPS) is 62.3. The Balaban J connectivity index is 1.71. The van der Waals surface area contributed by atoms with Crippen molar-refractivity contribution in [2.75, 3.05) is 0 Å². The van der Waals surface area contributed by atoms with E-state index < -0.39 is 5.60 Å². The molecule has 0 bridgehead atoms. The molecule has 9 atom stereocenters.